The number of methoxy groups -OCH3 is 1. The van der Waals surface area contributed by atoms with Crippen LogP contribution in [0.2, 0.25) is 0 Å². The molecule has 0 heterocycles. The molecule has 35 heavy (non-hydrogen) atoms. The highest BCUT2D eigenvalue weighted by Gasteiger charge is 2.27. The highest BCUT2D eigenvalue weighted by molar-refractivity contribution is 7.92. The van der Waals surface area contributed by atoms with Gasteiger partial charge in [-0.1, -0.05) is 43.3 Å². The maximum absolute atomic E-state index is 13.3. The molecule has 192 valence electrons. The largest absolute Gasteiger partial charge is 0.497 e. The molecular weight excluding hydrogens is 466 g/mol. The van der Waals surface area contributed by atoms with Crippen LogP contribution in [0.3, 0.4) is 0 Å². The molecule has 2 amide bonds. The van der Waals surface area contributed by atoms with Gasteiger partial charge in [0.15, 0.2) is 0 Å². The third kappa shape index (κ3) is 8.58. The Morgan fingerprint density at radius 2 is 1.74 bits per heavy atom. The van der Waals surface area contributed by atoms with Crippen molar-refractivity contribution in [3.63, 3.8) is 0 Å². The Morgan fingerprint density at radius 1 is 1.06 bits per heavy atom. The first-order valence-electron chi connectivity index (χ1n) is 11.8. The van der Waals surface area contributed by atoms with Crippen LogP contribution in [0.5, 0.6) is 5.75 Å². The second-order valence-electron chi connectivity index (χ2n) is 8.64. The van der Waals surface area contributed by atoms with E-state index in [1.54, 1.807) is 36.1 Å². The summed E-state index contributed by atoms with van der Waals surface area (Å²) in [5.41, 5.74) is 1.39. The van der Waals surface area contributed by atoms with Gasteiger partial charge in [0.1, 0.15) is 11.8 Å². The number of rotatable bonds is 13. The summed E-state index contributed by atoms with van der Waals surface area (Å²) in [5, 5.41) is 2.94. The number of anilines is 1. The van der Waals surface area contributed by atoms with Gasteiger partial charge < -0.3 is 15.0 Å². The Labute approximate surface area is 209 Å². The molecule has 0 bridgehead atoms. The number of hydrogen-bond donors (Lipinski definition) is 1. The Bertz CT molecular complexity index is 1080. The molecule has 0 aliphatic carbocycles. The molecule has 2 rings (SSSR count). The minimum Gasteiger partial charge on any atom is -0.497 e. The maximum atomic E-state index is 13.3. The van der Waals surface area contributed by atoms with Crippen molar-refractivity contribution in [2.75, 3.05) is 24.2 Å². The number of benzene rings is 2. The smallest absolute Gasteiger partial charge is 0.242 e. The lowest BCUT2D eigenvalue weighted by Crippen LogP contribution is -2.49. The topological polar surface area (TPSA) is 96.0 Å². The van der Waals surface area contributed by atoms with Crippen molar-refractivity contribution in [3.05, 3.63) is 60.2 Å². The molecule has 9 heteroatoms. The van der Waals surface area contributed by atoms with Gasteiger partial charge in [-0.15, -0.1) is 0 Å². The number of amides is 2. The first-order chi connectivity index (χ1) is 16.6. The van der Waals surface area contributed by atoms with E-state index in [0.717, 1.165) is 18.2 Å². The van der Waals surface area contributed by atoms with Crippen LogP contribution in [0.25, 0.3) is 0 Å². The predicted molar refractivity (Wildman–Crippen MR) is 139 cm³/mol. The number of carbonyl (C=O) groups is 2. The standard InChI is InChI=1S/C26H37N3O5S/c1-6-20(2)27-26(31)21(3)28(19-22-12-8-7-9-13-22)25(30)16-11-17-29(35(5,32)33)23-14-10-15-24(18-23)34-4/h7-10,12-15,18,20-21H,6,11,16-17,19H2,1-5H3,(H,27,31)/t20-,21-/m1/s1. The molecule has 2 aromatic rings. The van der Waals surface area contributed by atoms with Crippen molar-refractivity contribution in [3.8, 4) is 5.75 Å². The lowest BCUT2D eigenvalue weighted by Gasteiger charge is -2.30. The van der Waals surface area contributed by atoms with Crippen LogP contribution >= 0.6 is 0 Å². The Kier molecular flexibility index (Phi) is 10.6. The fourth-order valence-electron chi connectivity index (χ4n) is 3.60. The van der Waals surface area contributed by atoms with Crippen LogP contribution < -0.4 is 14.4 Å². The third-order valence-electron chi connectivity index (χ3n) is 5.86. The molecule has 0 saturated carbocycles. The number of carbonyl (C=O) groups excluding carboxylic acids is 2. The zero-order chi connectivity index (χ0) is 26.0. The monoisotopic (exact) mass is 503 g/mol. The van der Waals surface area contributed by atoms with Crippen molar-refractivity contribution in [1.82, 2.24) is 10.2 Å². The minimum absolute atomic E-state index is 0.00445. The van der Waals surface area contributed by atoms with Gasteiger partial charge >= 0.3 is 0 Å². The Balaban J connectivity index is 2.15. The van der Waals surface area contributed by atoms with Gasteiger partial charge in [0.25, 0.3) is 0 Å². The summed E-state index contributed by atoms with van der Waals surface area (Å²) in [6, 6.07) is 15.6. The summed E-state index contributed by atoms with van der Waals surface area (Å²) >= 11 is 0. The second kappa shape index (κ2) is 13.1. The maximum Gasteiger partial charge on any atom is 0.242 e. The highest BCUT2D eigenvalue weighted by atomic mass is 32.2. The molecule has 0 spiro atoms. The van der Waals surface area contributed by atoms with E-state index in [-0.39, 0.29) is 30.8 Å². The lowest BCUT2D eigenvalue weighted by molar-refractivity contribution is -0.140. The van der Waals surface area contributed by atoms with E-state index < -0.39 is 16.1 Å². The van der Waals surface area contributed by atoms with E-state index in [4.69, 9.17) is 4.74 Å². The number of sulfonamides is 1. The fourth-order valence-corrected chi connectivity index (χ4v) is 4.56. The molecule has 0 radical (unpaired) electrons. The van der Waals surface area contributed by atoms with E-state index in [0.29, 0.717) is 24.4 Å². The molecule has 0 aromatic heterocycles. The van der Waals surface area contributed by atoms with Crippen LogP contribution in [0.1, 0.15) is 45.6 Å². The molecule has 0 fully saturated rings. The SMILES string of the molecule is CC[C@@H](C)NC(=O)[C@@H](C)N(Cc1ccccc1)C(=O)CCCN(c1cccc(OC)c1)S(C)(=O)=O. The number of nitrogens with zero attached hydrogens (tertiary/aromatic N) is 2. The van der Waals surface area contributed by atoms with Crippen molar-refractivity contribution in [2.45, 2.75) is 58.7 Å². The van der Waals surface area contributed by atoms with Gasteiger partial charge in [0, 0.05) is 31.6 Å². The van der Waals surface area contributed by atoms with Crippen molar-refractivity contribution in [2.24, 2.45) is 0 Å². The zero-order valence-electron chi connectivity index (χ0n) is 21.2. The summed E-state index contributed by atoms with van der Waals surface area (Å²) in [4.78, 5) is 27.6. The molecule has 0 aliphatic heterocycles. The third-order valence-corrected chi connectivity index (χ3v) is 7.05. The fraction of sp³-hybridized carbons (Fsp3) is 0.462. The molecule has 2 atom stereocenters. The van der Waals surface area contributed by atoms with E-state index in [1.807, 2.05) is 44.2 Å². The van der Waals surface area contributed by atoms with Crippen LogP contribution in [0.15, 0.2) is 54.6 Å². The van der Waals surface area contributed by atoms with Crippen LogP contribution in [-0.2, 0) is 26.2 Å². The molecule has 0 saturated heterocycles. The van der Waals surface area contributed by atoms with Gasteiger partial charge in [0.05, 0.1) is 19.1 Å². The highest BCUT2D eigenvalue weighted by Crippen LogP contribution is 2.24. The van der Waals surface area contributed by atoms with E-state index in [1.165, 1.54) is 11.4 Å². The van der Waals surface area contributed by atoms with E-state index in [2.05, 4.69) is 5.32 Å². The van der Waals surface area contributed by atoms with Gasteiger partial charge in [-0.2, -0.15) is 0 Å². The van der Waals surface area contributed by atoms with Gasteiger partial charge in [0.2, 0.25) is 21.8 Å². The van der Waals surface area contributed by atoms with Crippen molar-refractivity contribution >= 4 is 27.5 Å². The van der Waals surface area contributed by atoms with Crippen molar-refractivity contribution in [1.29, 1.82) is 0 Å². The molecule has 0 unspecified atom stereocenters. The van der Waals surface area contributed by atoms with E-state index >= 15 is 0 Å². The molecule has 0 aliphatic rings. The Morgan fingerprint density at radius 3 is 2.34 bits per heavy atom. The summed E-state index contributed by atoms with van der Waals surface area (Å²) in [7, 11) is -2.05. The zero-order valence-corrected chi connectivity index (χ0v) is 22.0. The molecular formula is C26H37N3O5S. The Hall–Kier alpha value is -3.07. The summed E-state index contributed by atoms with van der Waals surface area (Å²) in [6.07, 6.45) is 2.33. The predicted octanol–water partition coefficient (Wildman–Crippen LogP) is 3.57. The van der Waals surface area contributed by atoms with Gasteiger partial charge in [-0.25, -0.2) is 8.42 Å². The molecule has 8 nitrogen and oxygen atoms in total. The summed E-state index contributed by atoms with van der Waals surface area (Å²) in [6.45, 7) is 6.05. The van der Waals surface area contributed by atoms with E-state index in [9.17, 15) is 18.0 Å². The van der Waals surface area contributed by atoms with Crippen molar-refractivity contribution < 1.29 is 22.7 Å². The summed E-state index contributed by atoms with van der Waals surface area (Å²) in [5.74, 6) is 0.125. The average Bonchev–Trinajstić information content (AvgIpc) is 2.84. The van der Waals surface area contributed by atoms with Crippen LogP contribution in [-0.4, -0.2) is 57.1 Å². The lowest BCUT2D eigenvalue weighted by atomic mass is 10.1. The van der Waals surface area contributed by atoms with Gasteiger partial charge in [-0.3, -0.25) is 13.9 Å². The molecule has 2 aromatic carbocycles. The van der Waals surface area contributed by atoms with Crippen LogP contribution in [0.4, 0.5) is 5.69 Å². The normalized spacial score (nSPS) is 12.9. The van der Waals surface area contributed by atoms with Crippen LogP contribution in [0, 0.1) is 0 Å². The summed E-state index contributed by atoms with van der Waals surface area (Å²) < 4.78 is 31.4. The number of nitrogens with one attached hydrogen (secondary N) is 1. The molecule has 1 N–H and O–H groups in total. The number of ether oxygens (including phenoxy) is 1. The first-order valence-corrected chi connectivity index (χ1v) is 13.7. The first kappa shape index (κ1) is 28.2. The quantitative estimate of drug-likeness (QED) is 0.451. The second-order valence-corrected chi connectivity index (χ2v) is 10.5. The van der Waals surface area contributed by atoms with Gasteiger partial charge in [-0.05, 0) is 44.4 Å². The number of hydrogen-bond acceptors (Lipinski definition) is 5. The average molecular weight is 504 g/mol. The minimum atomic E-state index is -3.57.